The average Bonchev–Trinajstić information content (AvgIpc) is 2.67. The van der Waals surface area contributed by atoms with Gasteiger partial charge < -0.3 is 14.7 Å². The van der Waals surface area contributed by atoms with Crippen LogP contribution in [0.2, 0.25) is 0 Å². The van der Waals surface area contributed by atoms with E-state index in [1.54, 1.807) is 13.1 Å². The predicted octanol–water partition coefficient (Wildman–Crippen LogP) is 1.96. The van der Waals surface area contributed by atoms with Crippen molar-refractivity contribution < 1.29 is 4.79 Å². The van der Waals surface area contributed by atoms with Gasteiger partial charge >= 0.3 is 0 Å². The highest BCUT2D eigenvalue weighted by Gasteiger charge is 2.22. The number of hydrogen-bond acceptors (Lipinski definition) is 6. The van der Waals surface area contributed by atoms with E-state index in [1.165, 1.54) is 5.56 Å². The summed E-state index contributed by atoms with van der Waals surface area (Å²) in [7, 11) is 0. The molecule has 0 saturated carbocycles. The smallest absolute Gasteiger partial charge is 0.247 e. The Kier molecular flexibility index (Phi) is 5.65. The molecule has 1 aliphatic heterocycles. The van der Waals surface area contributed by atoms with E-state index in [9.17, 15) is 4.79 Å². The van der Waals surface area contributed by atoms with Gasteiger partial charge in [0.2, 0.25) is 11.9 Å². The Morgan fingerprint density at radius 2 is 1.85 bits per heavy atom. The minimum atomic E-state index is 0.125. The molecule has 1 saturated heterocycles. The van der Waals surface area contributed by atoms with Gasteiger partial charge in [-0.05, 0) is 19.4 Å². The molecule has 2 aromatic rings. The molecule has 26 heavy (non-hydrogen) atoms. The maximum absolute atomic E-state index is 11.5. The number of carbonyl (C=O) groups is 1. The van der Waals surface area contributed by atoms with Crippen LogP contribution in [0, 0.1) is 0 Å². The van der Waals surface area contributed by atoms with Crippen molar-refractivity contribution in [3.05, 3.63) is 42.1 Å². The highest BCUT2D eigenvalue weighted by Crippen LogP contribution is 2.19. The molecular weight excluding hydrogens is 328 g/mol. The Morgan fingerprint density at radius 3 is 2.46 bits per heavy atom. The lowest BCUT2D eigenvalue weighted by atomic mass is 10.2. The van der Waals surface area contributed by atoms with E-state index < -0.39 is 0 Å². The maximum atomic E-state index is 11.5. The van der Waals surface area contributed by atoms with Crippen molar-refractivity contribution in [1.82, 2.24) is 20.1 Å². The molecule has 1 aromatic carbocycles. The predicted molar refractivity (Wildman–Crippen MR) is 102 cm³/mol. The number of aromatic nitrogens is 3. The van der Waals surface area contributed by atoms with Gasteiger partial charge in [0, 0.05) is 45.7 Å². The molecule has 0 radical (unpaired) electrons. The fourth-order valence-electron chi connectivity index (χ4n) is 3.07. The number of rotatable bonds is 5. The summed E-state index contributed by atoms with van der Waals surface area (Å²) in [6.45, 7) is 9.57. The number of piperazine rings is 1. The quantitative estimate of drug-likeness (QED) is 0.818. The van der Waals surface area contributed by atoms with Gasteiger partial charge in [-0.2, -0.15) is 10.1 Å². The summed E-state index contributed by atoms with van der Waals surface area (Å²) in [5, 5.41) is 8.45. The Bertz CT molecular complexity index is 728. The first-order chi connectivity index (χ1) is 12.5. The fraction of sp³-hybridized carbons (Fsp3) is 0.474. The minimum absolute atomic E-state index is 0.125. The summed E-state index contributed by atoms with van der Waals surface area (Å²) in [5.41, 5.74) is 1.21. The van der Waals surface area contributed by atoms with Gasteiger partial charge in [0.15, 0.2) is 5.82 Å². The van der Waals surface area contributed by atoms with E-state index in [1.807, 2.05) is 23.1 Å². The van der Waals surface area contributed by atoms with Crippen LogP contribution < -0.4 is 9.80 Å². The van der Waals surface area contributed by atoms with E-state index in [2.05, 4.69) is 46.0 Å². The van der Waals surface area contributed by atoms with Crippen LogP contribution in [0.1, 0.15) is 26.3 Å². The van der Waals surface area contributed by atoms with Gasteiger partial charge in [-0.15, -0.1) is 5.10 Å². The van der Waals surface area contributed by atoms with E-state index in [-0.39, 0.29) is 11.9 Å². The van der Waals surface area contributed by atoms with Crippen LogP contribution in [0.4, 0.5) is 11.8 Å². The number of hydrogen-bond donors (Lipinski definition) is 0. The molecule has 3 rings (SSSR count). The highest BCUT2D eigenvalue weighted by atomic mass is 16.2. The summed E-state index contributed by atoms with van der Waals surface area (Å²) < 4.78 is 0. The molecule has 0 atom stereocenters. The zero-order chi connectivity index (χ0) is 18.5. The maximum Gasteiger partial charge on any atom is 0.247 e. The Morgan fingerprint density at radius 1 is 1.15 bits per heavy atom. The van der Waals surface area contributed by atoms with Crippen molar-refractivity contribution in [2.75, 3.05) is 36.0 Å². The second kappa shape index (κ2) is 8.12. The van der Waals surface area contributed by atoms with Crippen LogP contribution in [0.5, 0.6) is 0 Å². The van der Waals surface area contributed by atoms with Gasteiger partial charge in [-0.3, -0.25) is 4.79 Å². The van der Waals surface area contributed by atoms with Crippen LogP contribution in [-0.4, -0.2) is 58.2 Å². The van der Waals surface area contributed by atoms with Gasteiger partial charge in [0.05, 0.1) is 6.20 Å². The summed E-state index contributed by atoms with van der Waals surface area (Å²) in [6.07, 6.45) is 1.70. The Balaban J connectivity index is 1.75. The topological polar surface area (TPSA) is 65.5 Å². The molecule has 0 unspecified atom stereocenters. The van der Waals surface area contributed by atoms with Gasteiger partial charge in [-0.1, -0.05) is 30.3 Å². The van der Waals surface area contributed by atoms with Crippen LogP contribution in [0.15, 0.2) is 36.5 Å². The number of amides is 1. The zero-order valence-electron chi connectivity index (χ0n) is 15.7. The molecule has 0 aliphatic carbocycles. The Labute approximate surface area is 154 Å². The van der Waals surface area contributed by atoms with Gasteiger partial charge in [-0.25, -0.2) is 0 Å². The van der Waals surface area contributed by atoms with Crippen LogP contribution in [0.3, 0.4) is 0 Å². The van der Waals surface area contributed by atoms with Crippen molar-refractivity contribution in [2.45, 2.75) is 33.4 Å². The second-order valence-electron chi connectivity index (χ2n) is 6.81. The molecule has 7 nitrogen and oxygen atoms in total. The Hall–Kier alpha value is -2.70. The van der Waals surface area contributed by atoms with E-state index in [0.717, 1.165) is 25.5 Å². The first-order valence-electron chi connectivity index (χ1n) is 9.05. The molecule has 1 aromatic heterocycles. The normalized spacial score (nSPS) is 14.6. The summed E-state index contributed by atoms with van der Waals surface area (Å²) in [4.78, 5) is 22.4. The van der Waals surface area contributed by atoms with Crippen molar-refractivity contribution in [1.29, 1.82) is 0 Å². The van der Waals surface area contributed by atoms with Crippen LogP contribution >= 0.6 is 0 Å². The number of anilines is 2. The van der Waals surface area contributed by atoms with Gasteiger partial charge in [0.1, 0.15) is 0 Å². The molecule has 1 aliphatic rings. The van der Waals surface area contributed by atoms with Crippen molar-refractivity contribution in [3.63, 3.8) is 0 Å². The first kappa shape index (κ1) is 18.1. The molecule has 7 heteroatoms. The van der Waals surface area contributed by atoms with Crippen molar-refractivity contribution in [3.8, 4) is 0 Å². The second-order valence-corrected chi connectivity index (χ2v) is 6.81. The molecule has 1 fully saturated rings. The van der Waals surface area contributed by atoms with Crippen molar-refractivity contribution in [2.24, 2.45) is 0 Å². The molecule has 0 N–H and O–H groups in total. The summed E-state index contributed by atoms with van der Waals surface area (Å²) in [5.74, 6) is 1.58. The molecule has 2 heterocycles. The van der Waals surface area contributed by atoms with E-state index in [4.69, 9.17) is 4.98 Å². The van der Waals surface area contributed by atoms with Gasteiger partial charge in [0.25, 0.3) is 0 Å². The molecule has 1 amide bonds. The number of nitrogens with zero attached hydrogens (tertiary/aromatic N) is 6. The number of carbonyl (C=O) groups excluding carboxylic acids is 1. The lowest BCUT2D eigenvalue weighted by Crippen LogP contribution is -2.48. The van der Waals surface area contributed by atoms with E-state index >= 15 is 0 Å². The molecule has 0 spiro atoms. The molecule has 138 valence electrons. The zero-order valence-corrected chi connectivity index (χ0v) is 15.7. The lowest BCUT2D eigenvalue weighted by molar-refractivity contribution is -0.129. The molecule has 0 bridgehead atoms. The van der Waals surface area contributed by atoms with E-state index in [0.29, 0.717) is 19.0 Å². The highest BCUT2D eigenvalue weighted by molar-refractivity contribution is 5.73. The third kappa shape index (κ3) is 4.28. The minimum Gasteiger partial charge on any atom is -0.352 e. The van der Waals surface area contributed by atoms with Crippen LogP contribution in [-0.2, 0) is 11.3 Å². The van der Waals surface area contributed by atoms with Crippen molar-refractivity contribution >= 4 is 17.7 Å². The third-order valence-electron chi connectivity index (χ3n) is 4.66. The summed E-state index contributed by atoms with van der Waals surface area (Å²) >= 11 is 0. The lowest BCUT2D eigenvalue weighted by Gasteiger charge is -2.35. The first-order valence-corrected chi connectivity index (χ1v) is 9.05. The molecular formula is C19H26N6O. The number of benzene rings is 1. The fourth-order valence-corrected chi connectivity index (χ4v) is 3.07. The van der Waals surface area contributed by atoms with Crippen LogP contribution in [0.25, 0.3) is 0 Å². The monoisotopic (exact) mass is 354 g/mol. The third-order valence-corrected chi connectivity index (χ3v) is 4.66. The largest absolute Gasteiger partial charge is 0.352 e. The standard InChI is InChI=1S/C19H26N6O/c1-15(2)25(14-17-7-5-4-6-8-17)19-21-18(13-20-22-19)24-11-9-23(10-12-24)16(3)26/h4-8,13,15H,9-12,14H2,1-3H3. The summed E-state index contributed by atoms with van der Waals surface area (Å²) in [6, 6.07) is 10.6. The average molecular weight is 354 g/mol. The SMILES string of the molecule is CC(=O)N1CCN(c2cnnc(N(Cc3ccccc3)C(C)C)n2)CC1.